The highest BCUT2D eigenvalue weighted by molar-refractivity contribution is 5.77. The summed E-state index contributed by atoms with van der Waals surface area (Å²) in [5, 5.41) is 0. The van der Waals surface area contributed by atoms with Crippen molar-refractivity contribution in [1.82, 2.24) is 9.80 Å². The number of rotatable bonds is 6. The fourth-order valence-electron chi connectivity index (χ4n) is 3.66. The van der Waals surface area contributed by atoms with Crippen LogP contribution in [0.5, 0.6) is 0 Å². The van der Waals surface area contributed by atoms with E-state index in [2.05, 4.69) is 9.80 Å². The Balaban J connectivity index is 1.60. The SMILES string of the molecule is O=C(OCCN1CCOCC1)[C@H](c1ccccc1)N1CCCCCC1. The molecule has 0 bridgehead atoms. The van der Waals surface area contributed by atoms with E-state index < -0.39 is 0 Å². The Kier molecular flexibility index (Phi) is 7.27. The minimum atomic E-state index is -0.274. The van der Waals surface area contributed by atoms with Gasteiger partial charge in [-0.1, -0.05) is 43.2 Å². The molecule has 2 heterocycles. The lowest BCUT2D eigenvalue weighted by Gasteiger charge is -2.30. The molecule has 3 rings (SSSR count). The van der Waals surface area contributed by atoms with E-state index in [0.29, 0.717) is 6.61 Å². The van der Waals surface area contributed by atoms with Gasteiger partial charge in [-0.25, -0.2) is 4.79 Å². The Bertz CT molecular complexity index is 509. The van der Waals surface area contributed by atoms with Crippen molar-refractivity contribution in [3.05, 3.63) is 35.9 Å². The molecule has 0 aromatic heterocycles. The molecule has 2 saturated heterocycles. The van der Waals surface area contributed by atoms with Crippen LogP contribution in [0.4, 0.5) is 0 Å². The average molecular weight is 346 g/mol. The summed E-state index contributed by atoms with van der Waals surface area (Å²) in [6, 6.07) is 9.80. The lowest BCUT2D eigenvalue weighted by Crippen LogP contribution is -2.40. The molecule has 138 valence electrons. The zero-order valence-corrected chi connectivity index (χ0v) is 15.1. The van der Waals surface area contributed by atoms with E-state index in [1.54, 1.807) is 0 Å². The number of likely N-dealkylation sites (tertiary alicyclic amines) is 1. The van der Waals surface area contributed by atoms with E-state index in [1.807, 2.05) is 30.3 Å². The summed E-state index contributed by atoms with van der Waals surface area (Å²) >= 11 is 0. The quantitative estimate of drug-likeness (QED) is 0.740. The maximum Gasteiger partial charge on any atom is 0.328 e. The van der Waals surface area contributed by atoms with Crippen LogP contribution in [0.1, 0.15) is 37.3 Å². The third-order valence-corrected chi connectivity index (χ3v) is 5.10. The highest BCUT2D eigenvalue weighted by atomic mass is 16.5. The van der Waals surface area contributed by atoms with Gasteiger partial charge in [0.1, 0.15) is 12.6 Å². The predicted octanol–water partition coefficient (Wildman–Crippen LogP) is 2.48. The number of hydrogen-bond acceptors (Lipinski definition) is 5. The molecule has 5 nitrogen and oxygen atoms in total. The molecule has 0 spiro atoms. The van der Waals surface area contributed by atoms with Crippen LogP contribution in [0.3, 0.4) is 0 Å². The van der Waals surface area contributed by atoms with Gasteiger partial charge < -0.3 is 9.47 Å². The lowest BCUT2D eigenvalue weighted by atomic mass is 10.1. The summed E-state index contributed by atoms with van der Waals surface area (Å²) < 4.78 is 11.1. The highest BCUT2D eigenvalue weighted by Crippen LogP contribution is 2.25. The van der Waals surface area contributed by atoms with Crippen molar-refractivity contribution in [2.75, 3.05) is 52.5 Å². The van der Waals surface area contributed by atoms with Crippen LogP contribution in [0, 0.1) is 0 Å². The third-order valence-electron chi connectivity index (χ3n) is 5.10. The van der Waals surface area contributed by atoms with Gasteiger partial charge in [0.2, 0.25) is 0 Å². The smallest absolute Gasteiger partial charge is 0.328 e. The second-order valence-corrected chi connectivity index (χ2v) is 6.88. The largest absolute Gasteiger partial charge is 0.463 e. The first-order chi connectivity index (χ1) is 12.3. The molecule has 0 N–H and O–H groups in total. The van der Waals surface area contributed by atoms with Crippen molar-refractivity contribution in [1.29, 1.82) is 0 Å². The summed E-state index contributed by atoms with van der Waals surface area (Å²) in [6.07, 6.45) is 4.82. The topological polar surface area (TPSA) is 42.0 Å². The van der Waals surface area contributed by atoms with Gasteiger partial charge >= 0.3 is 5.97 Å². The molecular weight excluding hydrogens is 316 g/mol. The number of benzene rings is 1. The monoisotopic (exact) mass is 346 g/mol. The van der Waals surface area contributed by atoms with Crippen molar-refractivity contribution in [2.24, 2.45) is 0 Å². The summed E-state index contributed by atoms with van der Waals surface area (Å²) in [5.41, 5.74) is 1.04. The molecule has 0 amide bonds. The van der Waals surface area contributed by atoms with Gasteiger partial charge in [-0.3, -0.25) is 9.80 Å². The molecule has 0 radical (unpaired) electrons. The van der Waals surface area contributed by atoms with Crippen LogP contribution in [0.2, 0.25) is 0 Å². The van der Waals surface area contributed by atoms with E-state index in [4.69, 9.17) is 9.47 Å². The van der Waals surface area contributed by atoms with Gasteiger partial charge in [0.15, 0.2) is 0 Å². The minimum absolute atomic E-state index is 0.110. The number of nitrogens with zero attached hydrogens (tertiary/aromatic N) is 2. The Morgan fingerprint density at radius 1 is 1.00 bits per heavy atom. The third kappa shape index (κ3) is 5.53. The lowest BCUT2D eigenvalue weighted by molar-refractivity contribution is -0.151. The molecule has 2 fully saturated rings. The molecular formula is C20H30N2O3. The molecule has 1 aromatic rings. The second-order valence-electron chi connectivity index (χ2n) is 6.88. The maximum absolute atomic E-state index is 12.9. The molecule has 0 unspecified atom stereocenters. The summed E-state index contributed by atoms with van der Waals surface area (Å²) in [7, 11) is 0. The van der Waals surface area contributed by atoms with Crippen LogP contribution >= 0.6 is 0 Å². The first-order valence-electron chi connectivity index (χ1n) is 9.60. The Hall–Kier alpha value is -1.43. The highest BCUT2D eigenvalue weighted by Gasteiger charge is 2.29. The second kappa shape index (κ2) is 9.90. The van der Waals surface area contributed by atoms with Gasteiger partial charge in [0, 0.05) is 19.6 Å². The normalized spacial score (nSPS) is 21.4. The predicted molar refractivity (Wildman–Crippen MR) is 97.4 cm³/mol. The average Bonchev–Trinajstić information content (AvgIpc) is 2.93. The number of hydrogen-bond donors (Lipinski definition) is 0. The fourth-order valence-corrected chi connectivity index (χ4v) is 3.66. The Morgan fingerprint density at radius 3 is 2.36 bits per heavy atom. The summed E-state index contributed by atoms with van der Waals surface area (Å²) in [6.45, 7) is 6.57. The molecule has 1 atom stereocenters. The van der Waals surface area contributed by atoms with E-state index in [1.165, 1.54) is 12.8 Å². The van der Waals surface area contributed by atoms with Crippen LogP contribution in [0.15, 0.2) is 30.3 Å². The molecule has 2 aliphatic heterocycles. The molecule has 5 heteroatoms. The Labute approximate surface area is 150 Å². The van der Waals surface area contributed by atoms with Gasteiger partial charge in [0.05, 0.1) is 13.2 Å². The Morgan fingerprint density at radius 2 is 1.68 bits per heavy atom. The molecule has 2 aliphatic rings. The molecule has 1 aromatic carbocycles. The van der Waals surface area contributed by atoms with Crippen molar-refractivity contribution in [3.63, 3.8) is 0 Å². The van der Waals surface area contributed by atoms with Crippen LogP contribution in [-0.4, -0.2) is 68.3 Å². The van der Waals surface area contributed by atoms with E-state index in [0.717, 1.165) is 64.3 Å². The van der Waals surface area contributed by atoms with Crippen molar-refractivity contribution in [3.8, 4) is 0 Å². The zero-order chi connectivity index (χ0) is 17.3. The zero-order valence-electron chi connectivity index (χ0n) is 15.1. The number of carbonyl (C=O) groups excluding carboxylic acids is 1. The van der Waals surface area contributed by atoms with E-state index in [9.17, 15) is 4.79 Å². The van der Waals surface area contributed by atoms with Crippen molar-refractivity contribution >= 4 is 5.97 Å². The number of ether oxygens (including phenoxy) is 2. The first-order valence-corrected chi connectivity index (χ1v) is 9.60. The van der Waals surface area contributed by atoms with Gasteiger partial charge in [-0.05, 0) is 31.5 Å². The van der Waals surface area contributed by atoms with Crippen molar-refractivity contribution in [2.45, 2.75) is 31.7 Å². The van der Waals surface area contributed by atoms with Crippen LogP contribution in [-0.2, 0) is 14.3 Å². The minimum Gasteiger partial charge on any atom is -0.463 e. The number of carbonyl (C=O) groups is 1. The fraction of sp³-hybridized carbons (Fsp3) is 0.650. The first kappa shape index (κ1) is 18.4. The summed E-state index contributed by atoms with van der Waals surface area (Å²) in [5.74, 6) is -0.110. The standard InChI is InChI=1S/C20H30N2O3/c23-20(25-17-14-21-12-15-24-16-13-21)19(18-8-4-3-5-9-18)22-10-6-1-2-7-11-22/h3-5,8-9,19H,1-2,6-7,10-17H2/t19-/m0/s1. The van der Waals surface area contributed by atoms with Crippen molar-refractivity contribution < 1.29 is 14.3 Å². The van der Waals surface area contributed by atoms with Gasteiger partial charge in [-0.15, -0.1) is 0 Å². The summed E-state index contributed by atoms with van der Waals surface area (Å²) in [4.78, 5) is 17.5. The van der Waals surface area contributed by atoms with E-state index in [-0.39, 0.29) is 12.0 Å². The number of morpholine rings is 1. The molecule has 25 heavy (non-hydrogen) atoms. The van der Waals surface area contributed by atoms with Crippen LogP contribution in [0.25, 0.3) is 0 Å². The molecule has 0 aliphatic carbocycles. The maximum atomic E-state index is 12.9. The van der Waals surface area contributed by atoms with E-state index >= 15 is 0 Å². The number of esters is 1. The molecule has 0 saturated carbocycles. The van der Waals surface area contributed by atoms with Gasteiger partial charge in [0.25, 0.3) is 0 Å². The van der Waals surface area contributed by atoms with Crippen LogP contribution < -0.4 is 0 Å². The van der Waals surface area contributed by atoms with Gasteiger partial charge in [-0.2, -0.15) is 0 Å².